The smallest absolute Gasteiger partial charge is 0.0467 e. The molecule has 1 unspecified atom stereocenters. The van der Waals surface area contributed by atoms with E-state index in [0.717, 1.165) is 23.5 Å². The highest BCUT2D eigenvalue weighted by molar-refractivity contribution is 5.99. The largest absolute Gasteiger partial charge is 0.310 e. The van der Waals surface area contributed by atoms with Gasteiger partial charge in [-0.2, -0.15) is 0 Å². The van der Waals surface area contributed by atoms with E-state index in [1.807, 2.05) is 0 Å². The van der Waals surface area contributed by atoms with E-state index in [9.17, 15) is 0 Å². The summed E-state index contributed by atoms with van der Waals surface area (Å²) in [5.74, 6) is 0. The molecule has 1 aliphatic rings. The van der Waals surface area contributed by atoms with Gasteiger partial charge in [0.1, 0.15) is 0 Å². The van der Waals surface area contributed by atoms with Crippen LogP contribution in [0.4, 0.5) is 17.1 Å². The fourth-order valence-electron chi connectivity index (χ4n) is 10.6. The summed E-state index contributed by atoms with van der Waals surface area (Å²) in [6.45, 7) is 9.23. The number of anilines is 3. The van der Waals surface area contributed by atoms with Crippen LogP contribution in [0.1, 0.15) is 56.4 Å². The van der Waals surface area contributed by atoms with Crippen molar-refractivity contribution in [3.05, 3.63) is 247 Å². The summed E-state index contributed by atoms with van der Waals surface area (Å²) in [6, 6.07) is 83.4. The van der Waals surface area contributed by atoms with E-state index in [1.165, 1.54) is 88.3 Å². The first kappa shape index (κ1) is 39.4. The number of hydrogen-bond donors (Lipinski definition) is 0. The molecule has 11 rings (SSSR count). The number of fused-ring (bicyclic) bond motifs is 5. The Hall–Kier alpha value is -7.48. The van der Waals surface area contributed by atoms with Gasteiger partial charge in [-0.15, -0.1) is 0 Å². The number of benzene rings is 10. The van der Waals surface area contributed by atoms with E-state index in [2.05, 4.69) is 257 Å². The molecule has 0 bridgehead atoms. The lowest BCUT2D eigenvalue weighted by molar-refractivity contribution is 0.584. The van der Waals surface area contributed by atoms with Crippen molar-refractivity contribution in [2.24, 2.45) is 0 Å². The summed E-state index contributed by atoms with van der Waals surface area (Å²) in [6.07, 6.45) is 0.965. The van der Waals surface area contributed by atoms with E-state index in [-0.39, 0.29) is 10.8 Å². The lowest BCUT2D eigenvalue weighted by atomic mass is 9.70. The van der Waals surface area contributed by atoms with Gasteiger partial charge in [-0.1, -0.05) is 216 Å². The van der Waals surface area contributed by atoms with E-state index in [4.69, 9.17) is 0 Å². The first-order chi connectivity index (χ1) is 31.3. The fourth-order valence-corrected chi connectivity index (χ4v) is 10.6. The van der Waals surface area contributed by atoms with Crippen molar-refractivity contribution in [1.82, 2.24) is 0 Å². The van der Waals surface area contributed by atoms with Crippen LogP contribution in [0, 0.1) is 0 Å². The Bertz CT molecular complexity index is 3200. The minimum absolute atomic E-state index is 0.0904. The molecule has 0 saturated heterocycles. The molecule has 0 saturated carbocycles. The van der Waals surface area contributed by atoms with Gasteiger partial charge in [0.15, 0.2) is 0 Å². The number of hydrogen-bond acceptors (Lipinski definition) is 1. The Morgan fingerprint density at radius 3 is 1.47 bits per heavy atom. The minimum Gasteiger partial charge on any atom is -0.310 e. The highest BCUT2D eigenvalue weighted by atomic mass is 15.1. The second-order valence-corrected chi connectivity index (χ2v) is 18.4. The molecule has 10 aromatic carbocycles. The predicted octanol–water partition coefficient (Wildman–Crippen LogP) is 17.5. The lowest BCUT2D eigenvalue weighted by Crippen LogP contribution is -2.26. The second-order valence-electron chi connectivity index (χ2n) is 18.4. The molecular formula is C63H51N. The Labute approximate surface area is 378 Å². The molecule has 308 valence electrons. The molecule has 64 heavy (non-hydrogen) atoms. The zero-order chi connectivity index (χ0) is 43.4. The Kier molecular flexibility index (Phi) is 9.66. The van der Waals surface area contributed by atoms with Crippen LogP contribution >= 0.6 is 0 Å². The van der Waals surface area contributed by atoms with Crippen molar-refractivity contribution >= 4 is 38.6 Å². The van der Waals surface area contributed by atoms with Crippen LogP contribution in [0.5, 0.6) is 0 Å². The monoisotopic (exact) mass is 821 g/mol. The van der Waals surface area contributed by atoms with Gasteiger partial charge in [0.25, 0.3) is 0 Å². The Morgan fingerprint density at radius 2 is 0.875 bits per heavy atom. The summed E-state index contributed by atoms with van der Waals surface area (Å²) in [7, 11) is 0. The maximum atomic E-state index is 2.41. The Balaban J connectivity index is 1.05. The molecule has 1 atom stereocenters. The van der Waals surface area contributed by atoms with Gasteiger partial charge in [0.2, 0.25) is 0 Å². The first-order valence-corrected chi connectivity index (χ1v) is 22.7. The van der Waals surface area contributed by atoms with Crippen molar-refractivity contribution in [3.63, 3.8) is 0 Å². The maximum Gasteiger partial charge on any atom is 0.0467 e. The third kappa shape index (κ3) is 6.54. The van der Waals surface area contributed by atoms with Crippen LogP contribution in [0.15, 0.2) is 224 Å². The highest BCUT2D eigenvalue weighted by Gasteiger charge is 2.44. The van der Waals surface area contributed by atoms with Crippen LogP contribution in [0.25, 0.3) is 66.1 Å². The minimum atomic E-state index is -0.250. The quantitative estimate of drug-likeness (QED) is 0.148. The van der Waals surface area contributed by atoms with E-state index >= 15 is 0 Å². The molecule has 1 nitrogen and oxygen atoms in total. The van der Waals surface area contributed by atoms with Crippen LogP contribution in [0.2, 0.25) is 0 Å². The second kappa shape index (κ2) is 15.7. The van der Waals surface area contributed by atoms with Crippen LogP contribution in [-0.4, -0.2) is 0 Å². The summed E-state index contributed by atoms with van der Waals surface area (Å²) in [4.78, 5) is 2.41. The average molecular weight is 822 g/mol. The average Bonchev–Trinajstić information content (AvgIpc) is 3.65. The fraction of sp³-hybridized carbons (Fsp3) is 0.111. The molecule has 0 amide bonds. The lowest BCUT2D eigenvalue weighted by Gasteiger charge is -2.32. The van der Waals surface area contributed by atoms with Crippen LogP contribution in [0.3, 0.4) is 0 Å². The molecule has 0 fully saturated rings. The molecule has 0 aromatic heterocycles. The number of rotatable bonds is 8. The topological polar surface area (TPSA) is 3.24 Å². The zero-order valence-electron chi connectivity index (χ0n) is 37.0. The van der Waals surface area contributed by atoms with E-state index in [0.29, 0.717) is 0 Å². The number of nitrogens with zero attached hydrogens (tertiary/aromatic N) is 1. The van der Waals surface area contributed by atoms with Gasteiger partial charge >= 0.3 is 0 Å². The van der Waals surface area contributed by atoms with E-state index < -0.39 is 0 Å². The van der Waals surface area contributed by atoms with Crippen LogP contribution in [-0.2, 0) is 10.8 Å². The third-order valence-corrected chi connectivity index (χ3v) is 13.8. The highest BCUT2D eigenvalue weighted by Crippen LogP contribution is 2.57. The molecule has 0 heterocycles. The SMILES string of the molecule is CCC1(c2ccc(C(C)(C)C)cc2)c2ccccc2-c2c(-c3cccc(N(c4ccc(-c5cccc6ccccc56)cc4)c4ccc(-c5cccc6ccccc56)cc4)c3)cccc21. The van der Waals surface area contributed by atoms with Gasteiger partial charge in [0.05, 0.1) is 0 Å². The van der Waals surface area contributed by atoms with Crippen LogP contribution < -0.4 is 4.90 Å². The van der Waals surface area contributed by atoms with Crippen molar-refractivity contribution in [3.8, 4) is 44.5 Å². The van der Waals surface area contributed by atoms with Crippen molar-refractivity contribution in [2.75, 3.05) is 4.90 Å². The maximum absolute atomic E-state index is 2.41. The molecule has 10 aromatic rings. The zero-order valence-corrected chi connectivity index (χ0v) is 37.0. The molecular weight excluding hydrogens is 771 g/mol. The molecule has 0 radical (unpaired) electrons. The standard InChI is InChI=1S/C63H51N/c1-5-63(49-36-34-48(35-37-49)62(2,3)4)59-28-11-10-24-58(59)61-57(27-15-29-60(61)63)47-20-12-21-52(42-47)64(50-38-30-45(31-39-50)55-25-13-18-43-16-6-8-22-53(43)55)51-40-32-46(33-41-51)56-26-14-19-44-17-7-9-23-54(44)56/h6-42H,5H2,1-4H3. The normalized spacial score (nSPS) is 14.4. The van der Waals surface area contributed by atoms with Gasteiger partial charge in [0, 0.05) is 22.5 Å². The summed E-state index contributed by atoms with van der Waals surface area (Å²) in [5, 5.41) is 5.02. The molecule has 0 N–H and O–H groups in total. The predicted molar refractivity (Wildman–Crippen MR) is 273 cm³/mol. The van der Waals surface area contributed by atoms with Crippen molar-refractivity contribution in [2.45, 2.75) is 44.9 Å². The summed E-state index contributed by atoms with van der Waals surface area (Å²) in [5.41, 5.74) is 18.6. The molecule has 1 aliphatic carbocycles. The molecule has 0 spiro atoms. The Morgan fingerprint density at radius 1 is 0.391 bits per heavy atom. The first-order valence-electron chi connectivity index (χ1n) is 22.7. The van der Waals surface area contributed by atoms with Crippen molar-refractivity contribution < 1.29 is 0 Å². The summed E-state index contributed by atoms with van der Waals surface area (Å²) < 4.78 is 0. The van der Waals surface area contributed by atoms with Crippen molar-refractivity contribution in [1.29, 1.82) is 0 Å². The van der Waals surface area contributed by atoms with Gasteiger partial charge in [-0.25, -0.2) is 0 Å². The van der Waals surface area contributed by atoms with E-state index in [1.54, 1.807) is 0 Å². The summed E-state index contributed by atoms with van der Waals surface area (Å²) >= 11 is 0. The molecule has 0 aliphatic heterocycles. The van der Waals surface area contributed by atoms with Gasteiger partial charge < -0.3 is 4.90 Å². The van der Waals surface area contributed by atoms with Gasteiger partial charge in [-0.05, 0) is 137 Å². The molecule has 1 heteroatoms. The third-order valence-electron chi connectivity index (χ3n) is 13.8. The van der Waals surface area contributed by atoms with Gasteiger partial charge in [-0.3, -0.25) is 0 Å².